The fourth-order valence-electron chi connectivity index (χ4n) is 3.75. The van der Waals surface area contributed by atoms with E-state index in [1.54, 1.807) is 0 Å². The van der Waals surface area contributed by atoms with Crippen LogP contribution in [0, 0.1) is 17.2 Å². The number of carbonyl (C=O) groups excluding carboxylic acids is 1. The Bertz CT molecular complexity index is 596. The van der Waals surface area contributed by atoms with Crippen molar-refractivity contribution in [2.45, 2.75) is 76.7 Å². The summed E-state index contributed by atoms with van der Waals surface area (Å²) in [4.78, 5) is 13.0. The van der Waals surface area contributed by atoms with E-state index in [-0.39, 0.29) is 17.8 Å². The van der Waals surface area contributed by atoms with E-state index in [1.807, 2.05) is 24.3 Å². The summed E-state index contributed by atoms with van der Waals surface area (Å²) < 4.78 is 6.06. The monoisotopic (exact) mass is 375 g/mol. The topological polar surface area (TPSA) is 50.1 Å². The lowest BCUT2D eigenvalue weighted by Crippen LogP contribution is -2.25. The smallest absolute Gasteiger partial charge is 0.138 e. The van der Waals surface area contributed by atoms with Crippen molar-refractivity contribution < 1.29 is 9.53 Å². The van der Waals surface area contributed by atoms with E-state index < -0.39 is 0 Å². The summed E-state index contributed by atoms with van der Waals surface area (Å²) in [7, 11) is 0. The largest absolute Gasteiger partial charge is 0.372 e. The van der Waals surface area contributed by atoms with Gasteiger partial charge in [-0.25, -0.2) is 0 Å². The van der Waals surface area contributed by atoms with Crippen LogP contribution < -0.4 is 0 Å². The molecular formula is C22H30ClNO2. The number of ketones is 1. The molecule has 0 N–H and O–H groups in total. The zero-order valence-corrected chi connectivity index (χ0v) is 16.3. The van der Waals surface area contributed by atoms with Crippen molar-refractivity contribution in [1.29, 1.82) is 5.26 Å². The van der Waals surface area contributed by atoms with Gasteiger partial charge in [-0.15, -0.1) is 0 Å². The van der Waals surface area contributed by atoms with E-state index in [4.69, 9.17) is 21.6 Å². The minimum absolute atomic E-state index is 0.173. The third-order valence-electron chi connectivity index (χ3n) is 5.19. The van der Waals surface area contributed by atoms with Crippen LogP contribution in [0.2, 0.25) is 5.02 Å². The molecular weight excluding hydrogens is 346 g/mol. The minimum Gasteiger partial charge on any atom is -0.372 e. The number of halogens is 1. The molecule has 1 aromatic carbocycles. The van der Waals surface area contributed by atoms with Crippen LogP contribution >= 0.6 is 11.6 Å². The first-order chi connectivity index (χ1) is 12.7. The van der Waals surface area contributed by atoms with Gasteiger partial charge in [0.05, 0.1) is 25.2 Å². The van der Waals surface area contributed by atoms with Gasteiger partial charge in [-0.3, -0.25) is 4.79 Å². The summed E-state index contributed by atoms with van der Waals surface area (Å²) in [6.45, 7) is 0.330. The Labute approximate surface area is 162 Å². The number of nitriles is 1. The third-order valence-corrected chi connectivity index (χ3v) is 5.53. The molecule has 0 aromatic heterocycles. The van der Waals surface area contributed by atoms with Gasteiger partial charge in [0, 0.05) is 22.9 Å². The maximum atomic E-state index is 13.0. The summed E-state index contributed by atoms with van der Waals surface area (Å²) in [6, 6.07) is 9.73. The lowest BCUT2D eigenvalue weighted by Gasteiger charge is -2.28. The second kappa shape index (κ2) is 12.1. The Morgan fingerprint density at radius 3 is 2.42 bits per heavy atom. The van der Waals surface area contributed by atoms with Gasteiger partial charge in [-0.2, -0.15) is 5.26 Å². The van der Waals surface area contributed by atoms with E-state index in [9.17, 15) is 4.79 Å². The minimum atomic E-state index is -0.354. The second-order valence-corrected chi connectivity index (χ2v) is 7.57. The molecule has 26 heavy (non-hydrogen) atoms. The Kier molecular flexibility index (Phi) is 9.74. The zero-order valence-electron chi connectivity index (χ0n) is 15.6. The number of benzene rings is 1. The van der Waals surface area contributed by atoms with E-state index in [2.05, 4.69) is 6.07 Å². The molecule has 0 bridgehead atoms. The van der Waals surface area contributed by atoms with Gasteiger partial charge in [-0.05, 0) is 18.9 Å². The third kappa shape index (κ3) is 6.74. The van der Waals surface area contributed by atoms with E-state index in [0.717, 1.165) is 37.7 Å². The molecule has 3 nitrogen and oxygen atoms in total. The molecule has 2 atom stereocenters. The van der Waals surface area contributed by atoms with Crippen molar-refractivity contribution >= 4 is 17.4 Å². The van der Waals surface area contributed by atoms with E-state index in [1.165, 1.54) is 25.7 Å². The van der Waals surface area contributed by atoms with Crippen LogP contribution in [-0.4, -0.2) is 12.4 Å². The van der Waals surface area contributed by atoms with Gasteiger partial charge in [0.25, 0.3) is 0 Å². The number of Topliss-reactive ketones (excluding diaryl/α,β-unsaturated/α-hetero) is 1. The van der Waals surface area contributed by atoms with Crippen LogP contribution in [0.25, 0.3) is 0 Å². The molecule has 2 rings (SSSR count). The average molecular weight is 376 g/mol. The number of carbonyl (C=O) groups is 1. The molecule has 0 heterocycles. The standard InChI is InChI=1S/C22H30ClNO2/c23-20-14-10-9-12-18(20)22(26-17-11-16-24)19-13-7-5-3-1-2-4-6-8-15-21(19)25/h9-10,12,14,19,22H,1-8,11,13,15,17H2/t19-,22+/m0/s1. The van der Waals surface area contributed by atoms with Crippen LogP contribution in [0.15, 0.2) is 24.3 Å². The Balaban J connectivity index is 2.20. The first-order valence-corrected chi connectivity index (χ1v) is 10.4. The van der Waals surface area contributed by atoms with Gasteiger partial charge in [0.2, 0.25) is 0 Å². The molecule has 0 aliphatic heterocycles. The predicted molar refractivity (Wildman–Crippen MR) is 105 cm³/mol. The van der Waals surface area contributed by atoms with Gasteiger partial charge < -0.3 is 4.74 Å². The Morgan fingerprint density at radius 1 is 1.08 bits per heavy atom. The molecule has 0 unspecified atom stereocenters. The van der Waals surface area contributed by atoms with Crippen molar-refractivity contribution in [1.82, 2.24) is 0 Å². The first kappa shape index (κ1) is 20.9. The van der Waals surface area contributed by atoms with Gasteiger partial charge >= 0.3 is 0 Å². The van der Waals surface area contributed by atoms with Crippen molar-refractivity contribution in [3.05, 3.63) is 34.9 Å². The highest BCUT2D eigenvalue weighted by Gasteiger charge is 2.30. The van der Waals surface area contributed by atoms with Crippen molar-refractivity contribution in [2.75, 3.05) is 6.61 Å². The highest BCUT2D eigenvalue weighted by atomic mass is 35.5. The van der Waals surface area contributed by atoms with Crippen molar-refractivity contribution in [2.24, 2.45) is 5.92 Å². The molecule has 1 aliphatic carbocycles. The van der Waals surface area contributed by atoms with E-state index >= 15 is 0 Å². The fourth-order valence-corrected chi connectivity index (χ4v) is 3.99. The summed E-state index contributed by atoms with van der Waals surface area (Å²) in [6.07, 6.45) is 10.8. The van der Waals surface area contributed by atoms with E-state index in [0.29, 0.717) is 24.5 Å². The lowest BCUT2D eigenvalue weighted by molar-refractivity contribution is -0.129. The maximum Gasteiger partial charge on any atom is 0.138 e. The number of nitrogens with zero attached hydrogens (tertiary/aromatic N) is 1. The fraction of sp³-hybridized carbons (Fsp3) is 0.636. The van der Waals surface area contributed by atoms with Crippen LogP contribution in [-0.2, 0) is 9.53 Å². The number of hydrogen-bond acceptors (Lipinski definition) is 3. The predicted octanol–water partition coefficient (Wildman–Crippen LogP) is 6.41. The van der Waals surface area contributed by atoms with Crippen LogP contribution in [0.3, 0.4) is 0 Å². The Morgan fingerprint density at radius 2 is 1.73 bits per heavy atom. The van der Waals surface area contributed by atoms with Gasteiger partial charge in [0.15, 0.2) is 0 Å². The molecule has 0 radical (unpaired) electrons. The molecule has 0 saturated heterocycles. The van der Waals surface area contributed by atoms with Gasteiger partial charge in [0.1, 0.15) is 5.78 Å². The average Bonchev–Trinajstić information content (AvgIpc) is 2.63. The number of rotatable bonds is 5. The van der Waals surface area contributed by atoms with Crippen LogP contribution in [0.4, 0.5) is 0 Å². The van der Waals surface area contributed by atoms with Crippen molar-refractivity contribution in [3.8, 4) is 6.07 Å². The molecule has 1 saturated carbocycles. The van der Waals surface area contributed by atoms with Crippen molar-refractivity contribution in [3.63, 3.8) is 0 Å². The maximum absolute atomic E-state index is 13.0. The SMILES string of the molecule is N#CCCO[C@H](c1ccccc1Cl)[C@H]1CCCCCCCCCCC1=O. The highest BCUT2D eigenvalue weighted by Crippen LogP contribution is 2.36. The summed E-state index contributed by atoms with van der Waals surface area (Å²) in [5.41, 5.74) is 0.873. The molecule has 142 valence electrons. The molecule has 1 aromatic rings. The van der Waals surface area contributed by atoms with Crippen LogP contribution in [0.1, 0.15) is 82.3 Å². The molecule has 0 spiro atoms. The quantitative estimate of drug-likeness (QED) is 0.558. The molecule has 0 amide bonds. The normalized spacial score (nSPS) is 21.2. The summed E-state index contributed by atoms with van der Waals surface area (Å²) in [5, 5.41) is 9.48. The first-order valence-electron chi connectivity index (χ1n) is 9.99. The highest BCUT2D eigenvalue weighted by molar-refractivity contribution is 6.31. The summed E-state index contributed by atoms with van der Waals surface area (Å²) in [5.74, 6) is 0.112. The second-order valence-electron chi connectivity index (χ2n) is 7.16. The Hall–Kier alpha value is -1.37. The van der Waals surface area contributed by atoms with Gasteiger partial charge in [-0.1, -0.05) is 74.7 Å². The molecule has 1 aliphatic rings. The lowest BCUT2D eigenvalue weighted by atomic mass is 9.84. The summed E-state index contributed by atoms with van der Waals surface area (Å²) >= 11 is 6.42. The zero-order chi connectivity index (χ0) is 18.6. The molecule has 4 heteroatoms. The number of ether oxygens (including phenoxy) is 1. The van der Waals surface area contributed by atoms with Crippen LogP contribution in [0.5, 0.6) is 0 Å². The molecule has 1 fully saturated rings. The number of hydrogen-bond donors (Lipinski definition) is 0.